The maximum atomic E-state index is 14.5. The van der Waals surface area contributed by atoms with E-state index in [4.69, 9.17) is 4.74 Å². The number of halogens is 1. The number of benzene rings is 1. The average Bonchev–Trinajstić information content (AvgIpc) is 2.83. The lowest BCUT2D eigenvalue weighted by Gasteiger charge is -2.39. The minimum atomic E-state index is -0.467. The van der Waals surface area contributed by atoms with E-state index in [9.17, 15) is 9.18 Å². The Morgan fingerprint density at radius 3 is 2.68 bits per heavy atom. The molecule has 2 unspecified atom stereocenters. The largest absolute Gasteiger partial charge is 0.465 e. The molecule has 0 spiro atoms. The maximum Gasteiger partial charge on any atom is 0.337 e. The molecular formula is C20H27FN2O2. The van der Waals surface area contributed by atoms with E-state index in [1.807, 2.05) is 0 Å². The number of hydrogen-bond acceptors (Lipinski definition) is 4. The second-order valence-electron chi connectivity index (χ2n) is 7.96. The summed E-state index contributed by atoms with van der Waals surface area (Å²) in [6, 6.07) is 4.63. The molecule has 4 nitrogen and oxygen atoms in total. The smallest absolute Gasteiger partial charge is 0.337 e. The molecule has 3 aliphatic rings. The van der Waals surface area contributed by atoms with Gasteiger partial charge in [-0.15, -0.1) is 0 Å². The Balaban J connectivity index is 1.44. The second kappa shape index (κ2) is 6.69. The monoisotopic (exact) mass is 346 g/mol. The number of methoxy groups -OCH3 is 1. The first-order valence-electron chi connectivity index (χ1n) is 9.39. The van der Waals surface area contributed by atoms with Crippen molar-refractivity contribution in [3.05, 3.63) is 34.6 Å². The fraction of sp³-hybridized carbons (Fsp3) is 0.650. The van der Waals surface area contributed by atoms with E-state index < -0.39 is 5.97 Å². The molecule has 5 heteroatoms. The molecule has 3 heterocycles. The molecule has 2 atom stereocenters. The predicted molar refractivity (Wildman–Crippen MR) is 94.0 cm³/mol. The van der Waals surface area contributed by atoms with E-state index in [-0.39, 0.29) is 5.82 Å². The van der Waals surface area contributed by atoms with Gasteiger partial charge in [0.15, 0.2) is 0 Å². The van der Waals surface area contributed by atoms with Crippen molar-refractivity contribution in [3.63, 3.8) is 0 Å². The molecule has 0 saturated carbocycles. The molecule has 1 aromatic carbocycles. The summed E-state index contributed by atoms with van der Waals surface area (Å²) in [6.45, 7) is 2.67. The summed E-state index contributed by atoms with van der Waals surface area (Å²) in [7, 11) is 3.60. The zero-order valence-electron chi connectivity index (χ0n) is 15.1. The summed E-state index contributed by atoms with van der Waals surface area (Å²) in [5.41, 5.74) is 2.04. The number of esters is 1. The van der Waals surface area contributed by atoms with Gasteiger partial charge in [0, 0.05) is 37.3 Å². The fourth-order valence-electron chi connectivity index (χ4n) is 5.10. The average molecular weight is 346 g/mol. The Bertz CT molecular complexity index is 664. The quantitative estimate of drug-likeness (QED) is 0.788. The number of piperidine rings is 1. The highest BCUT2D eigenvalue weighted by molar-refractivity contribution is 5.89. The van der Waals surface area contributed by atoms with Crippen molar-refractivity contribution < 1.29 is 13.9 Å². The highest BCUT2D eigenvalue weighted by atomic mass is 19.1. The molecule has 1 aromatic rings. The number of carbonyl (C=O) groups excluding carboxylic acids is 1. The van der Waals surface area contributed by atoms with Gasteiger partial charge in [0.05, 0.1) is 12.7 Å². The van der Waals surface area contributed by atoms with E-state index in [0.717, 1.165) is 48.6 Å². The summed E-state index contributed by atoms with van der Waals surface area (Å²) in [5, 5.41) is 0. The number of nitrogens with zero attached hydrogens (tertiary/aromatic N) is 2. The van der Waals surface area contributed by atoms with Gasteiger partial charge >= 0.3 is 5.97 Å². The minimum Gasteiger partial charge on any atom is -0.465 e. The van der Waals surface area contributed by atoms with Gasteiger partial charge in [-0.1, -0.05) is 0 Å². The lowest BCUT2D eigenvalue weighted by molar-refractivity contribution is 0.0599. The predicted octanol–water partition coefficient (Wildman–Crippen LogP) is 2.84. The first kappa shape index (κ1) is 17.0. The third-order valence-corrected chi connectivity index (χ3v) is 6.50. The zero-order valence-corrected chi connectivity index (χ0v) is 15.1. The van der Waals surface area contributed by atoms with E-state index in [0.29, 0.717) is 12.1 Å². The van der Waals surface area contributed by atoms with Crippen molar-refractivity contribution in [3.8, 4) is 0 Å². The van der Waals surface area contributed by atoms with Crippen LogP contribution in [0.5, 0.6) is 0 Å². The van der Waals surface area contributed by atoms with Crippen molar-refractivity contribution >= 4 is 5.97 Å². The summed E-state index contributed by atoms with van der Waals surface area (Å²) in [6.07, 6.45) is 6.04. The topological polar surface area (TPSA) is 32.8 Å². The van der Waals surface area contributed by atoms with Crippen LogP contribution in [0.15, 0.2) is 12.1 Å². The van der Waals surface area contributed by atoms with E-state index in [1.54, 1.807) is 6.07 Å². The van der Waals surface area contributed by atoms with Crippen molar-refractivity contribution in [2.24, 2.45) is 5.92 Å². The number of carbonyl (C=O) groups is 1. The molecule has 0 N–H and O–H groups in total. The van der Waals surface area contributed by atoms with E-state index in [1.165, 1.54) is 38.9 Å². The Morgan fingerprint density at radius 1 is 1.28 bits per heavy atom. The second-order valence-corrected chi connectivity index (χ2v) is 7.96. The normalized spacial score (nSPS) is 29.5. The number of rotatable bonds is 3. The van der Waals surface area contributed by atoms with Gasteiger partial charge in [-0.25, -0.2) is 9.18 Å². The molecule has 4 rings (SSSR count). The maximum absolute atomic E-state index is 14.5. The third-order valence-electron chi connectivity index (χ3n) is 6.50. The zero-order chi connectivity index (χ0) is 17.6. The van der Waals surface area contributed by atoms with Crippen LogP contribution in [0.2, 0.25) is 0 Å². The Hall–Kier alpha value is -1.46. The minimum absolute atomic E-state index is 0.272. The van der Waals surface area contributed by atoms with E-state index >= 15 is 0 Å². The van der Waals surface area contributed by atoms with Gasteiger partial charge in [-0.05, 0) is 62.8 Å². The molecule has 2 bridgehead atoms. The van der Waals surface area contributed by atoms with E-state index in [2.05, 4.69) is 16.8 Å². The molecule has 25 heavy (non-hydrogen) atoms. The van der Waals surface area contributed by atoms with Gasteiger partial charge in [-0.2, -0.15) is 0 Å². The van der Waals surface area contributed by atoms with Crippen molar-refractivity contribution in [1.29, 1.82) is 0 Å². The molecule has 0 radical (unpaired) electrons. The molecular weight excluding hydrogens is 319 g/mol. The van der Waals surface area contributed by atoms with Gasteiger partial charge < -0.3 is 9.64 Å². The highest BCUT2D eigenvalue weighted by Gasteiger charge is 2.39. The number of fused-ring (bicyclic) bond motifs is 3. The lowest BCUT2D eigenvalue weighted by Crippen LogP contribution is -2.44. The SMILES string of the molecule is COC(=O)c1cc(F)c2c(c1)CCN(CC1CC3CCC(C1)N3C)C2. The summed E-state index contributed by atoms with van der Waals surface area (Å²) in [4.78, 5) is 16.6. The summed E-state index contributed by atoms with van der Waals surface area (Å²) in [5.74, 6) is -0.00960. The van der Waals surface area contributed by atoms with Crippen molar-refractivity contribution in [1.82, 2.24) is 9.80 Å². The van der Waals surface area contributed by atoms with Crippen LogP contribution < -0.4 is 0 Å². The lowest BCUT2D eigenvalue weighted by atomic mass is 9.89. The van der Waals surface area contributed by atoms with Crippen LogP contribution in [0.25, 0.3) is 0 Å². The van der Waals surface area contributed by atoms with Crippen LogP contribution in [0, 0.1) is 11.7 Å². The number of hydrogen-bond donors (Lipinski definition) is 0. The van der Waals surface area contributed by atoms with Crippen molar-refractivity contribution in [2.45, 2.75) is 50.7 Å². The van der Waals surface area contributed by atoms with Crippen LogP contribution in [-0.4, -0.2) is 55.1 Å². The number of ether oxygens (including phenoxy) is 1. The summed E-state index contributed by atoms with van der Waals surface area (Å²) < 4.78 is 19.2. The fourth-order valence-corrected chi connectivity index (χ4v) is 5.10. The Labute approximate surface area is 148 Å². The molecule has 0 amide bonds. The Kier molecular flexibility index (Phi) is 4.54. The van der Waals surface area contributed by atoms with Gasteiger partial charge in [0.1, 0.15) is 5.82 Å². The third kappa shape index (κ3) is 3.20. The molecule has 0 aromatic heterocycles. The first-order chi connectivity index (χ1) is 12.0. The molecule has 2 saturated heterocycles. The molecule has 0 aliphatic carbocycles. The first-order valence-corrected chi connectivity index (χ1v) is 9.39. The molecule has 2 fully saturated rings. The van der Waals surface area contributed by atoms with Crippen LogP contribution in [0.3, 0.4) is 0 Å². The van der Waals surface area contributed by atoms with Crippen LogP contribution in [-0.2, 0) is 17.7 Å². The van der Waals surface area contributed by atoms with Gasteiger partial charge in [-0.3, -0.25) is 4.90 Å². The molecule has 3 aliphatic heterocycles. The standard InChI is InChI=1S/C20H27FN2O2/c1-22-16-3-4-17(22)8-13(7-16)11-23-6-5-14-9-15(20(24)25-2)10-19(21)18(14)12-23/h9-10,13,16-17H,3-8,11-12H2,1-2H3. The van der Waals surface area contributed by atoms with Gasteiger partial charge in [0.25, 0.3) is 0 Å². The van der Waals surface area contributed by atoms with Crippen LogP contribution in [0.1, 0.15) is 47.2 Å². The highest BCUT2D eigenvalue weighted by Crippen LogP contribution is 2.38. The van der Waals surface area contributed by atoms with Crippen molar-refractivity contribution in [2.75, 3.05) is 27.2 Å². The molecule has 136 valence electrons. The van der Waals surface area contributed by atoms with Crippen LogP contribution in [0.4, 0.5) is 4.39 Å². The Morgan fingerprint density at radius 2 is 2.00 bits per heavy atom. The van der Waals surface area contributed by atoms with Gasteiger partial charge in [0.2, 0.25) is 0 Å². The summed E-state index contributed by atoms with van der Waals surface area (Å²) >= 11 is 0. The van der Waals surface area contributed by atoms with Crippen LogP contribution >= 0.6 is 0 Å².